The van der Waals surface area contributed by atoms with Crippen LogP contribution in [-0.4, -0.2) is 18.1 Å². The largest absolute Gasteiger partial charge is 0.459 e. The number of carbonyl (C=O) groups excluding carboxylic acids is 2. The Morgan fingerprint density at radius 2 is 1.68 bits per heavy atom. The predicted octanol–water partition coefficient (Wildman–Crippen LogP) is 3.97. The van der Waals surface area contributed by atoms with Gasteiger partial charge in [0.2, 0.25) is 0 Å². The van der Waals surface area contributed by atoms with Crippen LogP contribution in [0.3, 0.4) is 0 Å². The molecule has 0 bridgehead atoms. The van der Waals surface area contributed by atoms with Gasteiger partial charge in [0, 0.05) is 5.70 Å². The maximum atomic E-state index is 12.9. The highest BCUT2D eigenvalue weighted by atomic mass is 16.5. The lowest BCUT2D eigenvalue weighted by atomic mass is 9.95. The highest BCUT2D eigenvalue weighted by Crippen LogP contribution is 2.29. The zero-order valence-corrected chi connectivity index (χ0v) is 14.7. The van der Waals surface area contributed by atoms with Gasteiger partial charge < -0.3 is 15.4 Å². The normalized spacial score (nSPS) is 22.4. The lowest BCUT2D eigenvalue weighted by Crippen LogP contribution is -2.45. The Hall–Kier alpha value is -2.30. The van der Waals surface area contributed by atoms with E-state index < -0.39 is 6.04 Å². The number of ether oxygens (including phenoxy) is 1. The summed E-state index contributed by atoms with van der Waals surface area (Å²) < 4.78 is 5.84. The van der Waals surface area contributed by atoms with E-state index in [1.807, 2.05) is 30.3 Å². The van der Waals surface area contributed by atoms with Crippen LogP contribution >= 0.6 is 0 Å². The third-order valence-corrected chi connectivity index (χ3v) is 4.95. The number of hydrogen-bond donors (Lipinski definition) is 2. The van der Waals surface area contributed by atoms with E-state index in [1.54, 1.807) is 6.92 Å². The number of nitrogens with one attached hydrogen (secondary N) is 2. The van der Waals surface area contributed by atoms with Crippen molar-refractivity contribution in [3.8, 4) is 0 Å². The van der Waals surface area contributed by atoms with Crippen LogP contribution in [0, 0.1) is 0 Å². The Morgan fingerprint density at radius 1 is 1.04 bits per heavy atom. The molecule has 1 aliphatic carbocycles. The topological polar surface area (TPSA) is 67.4 Å². The molecule has 1 unspecified atom stereocenters. The average molecular weight is 342 g/mol. The van der Waals surface area contributed by atoms with Gasteiger partial charge in [0.15, 0.2) is 0 Å². The van der Waals surface area contributed by atoms with Crippen molar-refractivity contribution in [2.45, 2.75) is 64.0 Å². The molecule has 2 aliphatic rings. The fraction of sp³-hybridized carbons (Fsp3) is 0.500. The first kappa shape index (κ1) is 17.5. The van der Waals surface area contributed by atoms with Crippen LogP contribution in [0.5, 0.6) is 0 Å². The first-order chi connectivity index (χ1) is 12.1. The fourth-order valence-electron chi connectivity index (χ4n) is 3.61. The molecule has 1 heterocycles. The second-order valence-electron chi connectivity index (χ2n) is 6.85. The zero-order valence-electron chi connectivity index (χ0n) is 14.7. The molecular formula is C20H26N2O3. The fourth-order valence-corrected chi connectivity index (χ4v) is 3.61. The van der Waals surface area contributed by atoms with Crippen LogP contribution in [0.4, 0.5) is 4.79 Å². The summed E-state index contributed by atoms with van der Waals surface area (Å²) in [4.78, 5) is 24.8. The Labute approximate surface area is 148 Å². The molecule has 0 spiro atoms. The summed E-state index contributed by atoms with van der Waals surface area (Å²) in [5.74, 6) is -0.329. The van der Waals surface area contributed by atoms with Crippen LogP contribution in [-0.2, 0) is 9.53 Å². The van der Waals surface area contributed by atoms with Crippen molar-refractivity contribution < 1.29 is 14.3 Å². The van der Waals surface area contributed by atoms with Gasteiger partial charge in [-0.15, -0.1) is 0 Å². The van der Waals surface area contributed by atoms with E-state index in [9.17, 15) is 9.59 Å². The molecule has 1 aromatic rings. The van der Waals surface area contributed by atoms with Crippen LogP contribution < -0.4 is 10.6 Å². The molecule has 5 heteroatoms. The maximum absolute atomic E-state index is 12.9. The second kappa shape index (κ2) is 8.19. The molecule has 2 N–H and O–H groups in total. The van der Waals surface area contributed by atoms with Gasteiger partial charge in [-0.25, -0.2) is 9.59 Å². The van der Waals surface area contributed by atoms with E-state index in [0.717, 1.165) is 31.2 Å². The Kier molecular flexibility index (Phi) is 5.74. The van der Waals surface area contributed by atoms with Gasteiger partial charge in [0.05, 0.1) is 11.6 Å². The van der Waals surface area contributed by atoms with Crippen molar-refractivity contribution in [3.05, 3.63) is 47.2 Å². The van der Waals surface area contributed by atoms with Gasteiger partial charge in [-0.3, -0.25) is 0 Å². The zero-order chi connectivity index (χ0) is 17.6. The van der Waals surface area contributed by atoms with Crippen LogP contribution in [0.25, 0.3) is 0 Å². The van der Waals surface area contributed by atoms with Crippen molar-refractivity contribution in [3.63, 3.8) is 0 Å². The third-order valence-electron chi connectivity index (χ3n) is 4.95. The summed E-state index contributed by atoms with van der Waals surface area (Å²) >= 11 is 0. The lowest BCUT2D eigenvalue weighted by molar-refractivity contribution is -0.145. The number of allylic oxidation sites excluding steroid dienone is 1. The molecule has 1 aliphatic heterocycles. The van der Waals surface area contributed by atoms with E-state index >= 15 is 0 Å². The molecule has 3 rings (SSSR count). The molecular weight excluding hydrogens is 316 g/mol. The Balaban J connectivity index is 1.79. The monoisotopic (exact) mass is 342 g/mol. The van der Waals surface area contributed by atoms with Crippen molar-refractivity contribution in [2.24, 2.45) is 0 Å². The summed E-state index contributed by atoms with van der Waals surface area (Å²) in [5, 5.41) is 5.54. The standard InChI is InChI=1S/C20H26N2O3/c1-14-17(19(23)25-16-12-8-3-2-4-9-13-16)18(22-20(24)21-14)15-10-6-5-7-11-15/h5-7,10-11,16,18H,2-4,8-9,12-13H2,1H3,(H2,21,22,24). The number of benzene rings is 1. The molecule has 5 nitrogen and oxygen atoms in total. The van der Waals surface area contributed by atoms with E-state index in [4.69, 9.17) is 4.74 Å². The summed E-state index contributed by atoms with van der Waals surface area (Å²) in [7, 11) is 0. The van der Waals surface area contributed by atoms with Crippen molar-refractivity contribution in [2.75, 3.05) is 0 Å². The number of hydrogen-bond acceptors (Lipinski definition) is 3. The van der Waals surface area contributed by atoms with Crippen LogP contribution in [0.1, 0.15) is 63.5 Å². The van der Waals surface area contributed by atoms with Gasteiger partial charge >= 0.3 is 12.0 Å². The molecule has 1 atom stereocenters. The minimum Gasteiger partial charge on any atom is -0.459 e. The van der Waals surface area contributed by atoms with Gasteiger partial charge in [-0.05, 0) is 38.2 Å². The maximum Gasteiger partial charge on any atom is 0.338 e. The summed E-state index contributed by atoms with van der Waals surface area (Å²) in [6, 6.07) is 8.76. The van der Waals surface area contributed by atoms with Crippen molar-refractivity contribution in [1.29, 1.82) is 0 Å². The third kappa shape index (κ3) is 4.41. The molecule has 0 radical (unpaired) electrons. The van der Waals surface area contributed by atoms with E-state index in [1.165, 1.54) is 19.3 Å². The van der Waals surface area contributed by atoms with Crippen LogP contribution in [0.15, 0.2) is 41.6 Å². The number of urea groups is 1. The van der Waals surface area contributed by atoms with E-state index in [2.05, 4.69) is 10.6 Å². The van der Waals surface area contributed by atoms with Crippen molar-refractivity contribution >= 4 is 12.0 Å². The minimum absolute atomic E-state index is 0.0258. The van der Waals surface area contributed by atoms with Gasteiger partial charge in [0.25, 0.3) is 0 Å². The van der Waals surface area contributed by atoms with Crippen molar-refractivity contribution in [1.82, 2.24) is 10.6 Å². The summed E-state index contributed by atoms with van der Waals surface area (Å²) in [6.45, 7) is 1.75. The van der Waals surface area contributed by atoms with Gasteiger partial charge in [-0.1, -0.05) is 49.6 Å². The number of carbonyl (C=O) groups is 2. The number of esters is 1. The first-order valence-corrected chi connectivity index (χ1v) is 9.19. The highest BCUT2D eigenvalue weighted by molar-refractivity contribution is 5.95. The van der Waals surface area contributed by atoms with Crippen LogP contribution in [0.2, 0.25) is 0 Å². The smallest absolute Gasteiger partial charge is 0.338 e. The molecule has 2 amide bonds. The molecule has 25 heavy (non-hydrogen) atoms. The van der Waals surface area contributed by atoms with E-state index in [0.29, 0.717) is 11.3 Å². The SMILES string of the molecule is CC1=C(C(=O)OC2CCCCCCC2)C(c2ccccc2)NC(=O)N1. The molecule has 0 saturated heterocycles. The quantitative estimate of drug-likeness (QED) is 0.817. The molecule has 134 valence electrons. The Morgan fingerprint density at radius 3 is 2.36 bits per heavy atom. The summed E-state index contributed by atoms with van der Waals surface area (Å²) in [5.41, 5.74) is 1.93. The van der Waals surface area contributed by atoms with E-state index in [-0.39, 0.29) is 18.1 Å². The second-order valence-corrected chi connectivity index (χ2v) is 6.85. The highest BCUT2D eigenvalue weighted by Gasteiger charge is 2.33. The molecule has 0 aromatic heterocycles. The number of amides is 2. The average Bonchev–Trinajstić information content (AvgIpc) is 2.57. The summed E-state index contributed by atoms with van der Waals surface area (Å²) in [6.07, 6.45) is 7.72. The molecule has 1 saturated carbocycles. The lowest BCUT2D eigenvalue weighted by Gasteiger charge is -2.29. The number of rotatable bonds is 3. The molecule has 1 aromatic carbocycles. The molecule has 1 fully saturated rings. The predicted molar refractivity (Wildman–Crippen MR) is 95.7 cm³/mol. The minimum atomic E-state index is -0.476. The first-order valence-electron chi connectivity index (χ1n) is 9.19. The van der Waals surface area contributed by atoms with Gasteiger partial charge in [0.1, 0.15) is 6.10 Å². The Bertz CT molecular complexity index is 646. The van der Waals surface area contributed by atoms with Gasteiger partial charge in [-0.2, -0.15) is 0 Å².